The number of carbonyl (C=O) groups is 2. The van der Waals surface area contributed by atoms with Crippen LogP contribution >= 0.6 is 0 Å². The number of rotatable bonds is 2. The lowest BCUT2D eigenvalue weighted by atomic mass is 10.3. The van der Waals surface area contributed by atoms with Gasteiger partial charge in [0.1, 0.15) is 0 Å². The topological polar surface area (TPSA) is 49.4 Å². The molecule has 0 bridgehead atoms. The summed E-state index contributed by atoms with van der Waals surface area (Å²) in [5.74, 6) is -0.182. The molecule has 1 rings (SSSR count). The maximum absolute atomic E-state index is 10.9. The van der Waals surface area contributed by atoms with Crippen molar-refractivity contribution in [3.63, 3.8) is 0 Å². The van der Waals surface area contributed by atoms with Gasteiger partial charge in [-0.15, -0.1) is 0 Å². The Hall–Kier alpha value is -1.32. The average Bonchev–Trinajstić information content (AvgIpc) is 2.18. The van der Waals surface area contributed by atoms with Crippen molar-refractivity contribution in [3.8, 4) is 0 Å². The molecule has 0 atom stereocenters. The summed E-state index contributed by atoms with van der Waals surface area (Å²) >= 11 is 0. The Kier molecular flexibility index (Phi) is 1.94. The van der Waals surface area contributed by atoms with Gasteiger partial charge in [-0.1, -0.05) is 12.2 Å². The highest BCUT2D eigenvalue weighted by Crippen LogP contribution is 2.01. The van der Waals surface area contributed by atoms with E-state index >= 15 is 0 Å². The first-order valence-electron chi connectivity index (χ1n) is 3.34. The summed E-state index contributed by atoms with van der Waals surface area (Å²) < 4.78 is 0. The Bertz CT molecular complexity index is 206. The molecule has 3 amide bonds. The molecule has 0 aromatic carbocycles. The van der Waals surface area contributed by atoms with Gasteiger partial charge in [-0.05, 0) is 6.92 Å². The fourth-order valence-electron chi connectivity index (χ4n) is 0.885. The van der Waals surface area contributed by atoms with Crippen molar-refractivity contribution in [3.05, 3.63) is 12.2 Å². The Morgan fingerprint density at radius 2 is 2.36 bits per heavy atom. The molecule has 1 fully saturated rings. The van der Waals surface area contributed by atoms with Crippen molar-refractivity contribution >= 4 is 11.9 Å². The molecule has 60 valence electrons. The van der Waals surface area contributed by atoms with Crippen molar-refractivity contribution in [2.75, 3.05) is 13.1 Å². The maximum atomic E-state index is 10.9. The minimum atomic E-state index is -0.321. The zero-order valence-corrected chi connectivity index (χ0v) is 6.39. The first-order valence-corrected chi connectivity index (χ1v) is 3.34. The average molecular weight is 154 g/mol. The smallest absolute Gasteiger partial charge is 0.324 e. The van der Waals surface area contributed by atoms with Crippen molar-refractivity contribution in [1.29, 1.82) is 0 Å². The van der Waals surface area contributed by atoms with Crippen LogP contribution in [0.3, 0.4) is 0 Å². The molecular weight excluding hydrogens is 144 g/mol. The van der Waals surface area contributed by atoms with E-state index in [1.807, 2.05) is 0 Å². The quantitative estimate of drug-likeness (QED) is 0.453. The Morgan fingerprint density at radius 1 is 1.73 bits per heavy atom. The van der Waals surface area contributed by atoms with Crippen LogP contribution in [-0.4, -0.2) is 29.9 Å². The molecule has 4 nitrogen and oxygen atoms in total. The van der Waals surface area contributed by atoms with Crippen LogP contribution in [0, 0.1) is 0 Å². The number of nitrogens with zero attached hydrogens (tertiary/aromatic N) is 1. The normalized spacial score (nSPS) is 17.0. The number of urea groups is 1. The Balaban J connectivity index is 2.62. The molecule has 1 N–H and O–H groups in total. The summed E-state index contributed by atoms with van der Waals surface area (Å²) in [6, 6.07) is -0.321. The molecule has 0 radical (unpaired) electrons. The Morgan fingerprint density at radius 3 is 2.73 bits per heavy atom. The standard InChI is InChI=1S/C7H10N2O2/c1-5(2)4-9-6(10)3-8-7(9)11/h1,3-4H2,2H3,(H,8,11). The van der Waals surface area contributed by atoms with Crippen LogP contribution in [0.25, 0.3) is 0 Å². The maximum Gasteiger partial charge on any atom is 0.324 e. The van der Waals surface area contributed by atoms with Crippen molar-refractivity contribution in [2.24, 2.45) is 0 Å². The van der Waals surface area contributed by atoms with Crippen LogP contribution in [0.4, 0.5) is 4.79 Å². The molecule has 1 saturated heterocycles. The lowest BCUT2D eigenvalue weighted by Crippen LogP contribution is -2.32. The second-order valence-electron chi connectivity index (χ2n) is 2.60. The zero-order valence-electron chi connectivity index (χ0n) is 6.39. The molecule has 4 heteroatoms. The van der Waals surface area contributed by atoms with Crippen LogP contribution in [0.2, 0.25) is 0 Å². The van der Waals surface area contributed by atoms with Crippen LogP contribution in [0.5, 0.6) is 0 Å². The molecule has 1 aliphatic rings. The van der Waals surface area contributed by atoms with E-state index in [-0.39, 0.29) is 18.5 Å². The number of hydrogen-bond donors (Lipinski definition) is 1. The third-order valence-corrected chi connectivity index (χ3v) is 1.37. The number of amides is 3. The highest BCUT2D eigenvalue weighted by atomic mass is 16.2. The summed E-state index contributed by atoms with van der Waals surface area (Å²) in [5.41, 5.74) is 0.801. The molecule has 0 aromatic heterocycles. The summed E-state index contributed by atoms with van der Waals surface area (Å²) in [6.07, 6.45) is 0. The minimum Gasteiger partial charge on any atom is -0.329 e. The summed E-state index contributed by atoms with van der Waals surface area (Å²) in [4.78, 5) is 22.9. The fraction of sp³-hybridized carbons (Fsp3) is 0.429. The molecule has 0 aromatic rings. The van der Waals surface area contributed by atoms with Crippen molar-refractivity contribution in [1.82, 2.24) is 10.2 Å². The number of hydrogen-bond acceptors (Lipinski definition) is 2. The fourth-order valence-corrected chi connectivity index (χ4v) is 0.885. The molecule has 0 unspecified atom stereocenters. The van der Waals surface area contributed by atoms with Gasteiger partial charge in [0.15, 0.2) is 0 Å². The predicted octanol–water partition coefficient (Wildman–Crippen LogP) is 0.114. The third-order valence-electron chi connectivity index (χ3n) is 1.37. The first-order chi connectivity index (χ1) is 5.11. The number of imide groups is 1. The van der Waals surface area contributed by atoms with Gasteiger partial charge in [0.2, 0.25) is 5.91 Å². The molecule has 0 aliphatic carbocycles. The second-order valence-corrected chi connectivity index (χ2v) is 2.60. The lowest BCUT2D eigenvalue weighted by Gasteiger charge is -2.10. The largest absolute Gasteiger partial charge is 0.329 e. The molecule has 0 saturated carbocycles. The highest BCUT2D eigenvalue weighted by Gasteiger charge is 2.27. The summed E-state index contributed by atoms with van der Waals surface area (Å²) in [7, 11) is 0. The minimum absolute atomic E-state index is 0.117. The highest BCUT2D eigenvalue weighted by molar-refractivity contribution is 6.02. The van der Waals surface area contributed by atoms with Gasteiger partial charge in [0.05, 0.1) is 13.1 Å². The molecule has 1 aliphatic heterocycles. The van der Waals surface area contributed by atoms with E-state index in [4.69, 9.17) is 0 Å². The van der Waals surface area contributed by atoms with Crippen LogP contribution in [0.15, 0.2) is 12.2 Å². The molecule has 11 heavy (non-hydrogen) atoms. The van der Waals surface area contributed by atoms with E-state index in [1.165, 1.54) is 0 Å². The van der Waals surface area contributed by atoms with E-state index in [0.29, 0.717) is 6.54 Å². The van der Waals surface area contributed by atoms with Gasteiger partial charge in [0.25, 0.3) is 0 Å². The van der Waals surface area contributed by atoms with Gasteiger partial charge in [0, 0.05) is 0 Å². The monoisotopic (exact) mass is 154 g/mol. The number of nitrogens with one attached hydrogen (secondary N) is 1. The van der Waals surface area contributed by atoms with E-state index in [1.54, 1.807) is 6.92 Å². The van der Waals surface area contributed by atoms with Gasteiger partial charge in [-0.2, -0.15) is 0 Å². The van der Waals surface area contributed by atoms with E-state index in [0.717, 1.165) is 10.5 Å². The van der Waals surface area contributed by atoms with Crippen molar-refractivity contribution < 1.29 is 9.59 Å². The first kappa shape index (κ1) is 7.78. The van der Waals surface area contributed by atoms with Gasteiger partial charge < -0.3 is 5.32 Å². The third kappa shape index (κ3) is 1.58. The van der Waals surface area contributed by atoms with Crippen LogP contribution in [0.1, 0.15) is 6.92 Å². The van der Waals surface area contributed by atoms with E-state index < -0.39 is 0 Å². The summed E-state index contributed by atoms with van der Waals surface area (Å²) in [5, 5.41) is 2.42. The number of carbonyl (C=O) groups excluding carboxylic acids is 2. The SMILES string of the molecule is C=C(C)CN1C(=O)CNC1=O. The summed E-state index contributed by atoms with van der Waals surface area (Å²) in [6.45, 7) is 5.83. The van der Waals surface area contributed by atoms with Gasteiger partial charge in [-0.3, -0.25) is 9.69 Å². The van der Waals surface area contributed by atoms with Crippen molar-refractivity contribution in [2.45, 2.75) is 6.92 Å². The molecule has 0 spiro atoms. The van der Waals surface area contributed by atoms with Crippen LogP contribution in [-0.2, 0) is 4.79 Å². The van der Waals surface area contributed by atoms with Gasteiger partial charge in [-0.25, -0.2) is 4.79 Å². The predicted molar refractivity (Wildman–Crippen MR) is 39.9 cm³/mol. The molecule has 1 heterocycles. The second kappa shape index (κ2) is 2.74. The Labute approximate surface area is 64.9 Å². The van der Waals surface area contributed by atoms with E-state index in [2.05, 4.69) is 11.9 Å². The molecular formula is C7H10N2O2. The lowest BCUT2D eigenvalue weighted by molar-refractivity contribution is -0.124. The van der Waals surface area contributed by atoms with Gasteiger partial charge >= 0.3 is 6.03 Å². The zero-order chi connectivity index (χ0) is 8.43. The van der Waals surface area contributed by atoms with E-state index in [9.17, 15) is 9.59 Å². The van der Waals surface area contributed by atoms with Crippen LogP contribution < -0.4 is 5.32 Å².